The highest BCUT2D eigenvalue weighted by atomic mass is 16.3. The number of hydrogen-bond acceptors (Lipinski definition) is 2. The molecule has 0 atom stereocenters. The molecule has 12 rings (SSSR count). The third-order valence-corrected chi connectivity index (χ3v) is 12.3. The molecule has 2 heteroatoms. The van der Waals surface area contributed by atoms with E-state index in [1.807, 2.05) is 6.07 Å². The normalized spacial score (nSPS) is 13.1. The van der Waals surface area contributed by atoms with Crippen molar-refractivity contribution in [1.82, 2.24) is 0 Å². The lowest BCUT2D eigenvalue weighted by Crippen LogP contribution is -2.29. The molecule has 0 fully saturated rings. The fourth-order valence-electron chi connectivity index (χ4n) is 9.98. The van der Waals surface area contributed by atoms with Gasteiger partial charge in [-0.05, 0) is 109 Å². The zero-order valence-corrected chi connectivity index (χ0v) is 31.1. The predicted molar refractivity (Wildman–Crippen MR) is 236 cm³/mol. The summed E-state index contributed by atoms with van der Waals surface area (Å²) in [6.07, 6.45) is 0. The predicted octanol–water partition coefficient (Wildman–Crippen LogP) is 14.7. The van der Waals surface area contributed by atoms with E-state index in [-0.39, 0.29) is 0 Å². The van der Waals surface area contributed by atoms with Crippen molar-refractivity contribution in [3.63, 3.8) is 0 Å². The first-order valence-corrected chi connectivity index (χ1v) is 19.7. The van der Waals surface area contributed by atoms with E-state index in [0.29, 0.717) is 0 Å². The van der Waals surface area contributed by atoms with Gasteiger partial charge < -0.3 is 9.32 Å². The zero-order chi connectivity index (χ0) is 37.5. The van der Waals surface area contributed by atoms with Gasteiger partial charge in [-0.1, -0.05) is 170 Å². The maximum atomic E-state index is 6.50. The van der Waals surface area contributed by atoms with Crippen LogP contribution in [0.15, 0.2) is 217 Å². The molecule has 0 N–H and O–H groups in total. The van der Waals surface area contributed by atoms with Crippen LogP contribution in [0, 0.1) is 0 Å². The van der Waals surface area contributed by atoms with E-state index in [4.69, 9.17) is 4.42 Å². The molecule has 0 radical (unpaired) electrons. The van der Waals surface area contributed by atoms with Gasteiger partial charge in [0.2, 0.25) is 0 Å². The number of furan rings is 1. The van der Waals surface area contributed by atoms with Crippen LogP contribution in [0.1, 0.15) is 22.3 Å². The fraction of sp³-hybridized carbons (Fsp3) is 0.0182. The molecule has 0 saturated carbocycles. The summed E-state index contributed by atoms with van der Waals surface area (Å²) in [6, 6.07) is 77.8. The summed E-state index contributed by atoms with van der Waals surface area (Å²) in [5.74, 6) is 0. The summed E-state index contributed by atoms with van der Waals surface area (Å²) in [6.45, 7) is 0. The molecule has 266 valence electrons. The number of fused-ring (bicyclic) bond motifs is 15. The van der Waals surface area contributed by atoms with Gasteiger partial charge in [-0.15, -0.1) is 0 Å². The van der Waals surface area contributed by atoms with E-state index in [0.717, 1.165) is 39.0 Å². The van der Waals surface area contributed by atoms with Crippen molar-refractivity contribution in [3.8, 4) is 44.5 Å². The van der Waals surface area contributed by atoms with Gasteiger partial charge in [0, 0.05) is 16.8 Å². The van der Waals surface area contributed by atoms with E-state index < -0.39 is 5.41 Å². The van der Waals surface area contributed by atoms with Gasteiger partial charge in [0.1, 0.15) is 11.2 Å². The first kappa shape index (κ1) is 31.9. The van der Waals surface area contributed by atoms with Crippen molar-refractivity contribution in [2.75, 3.05) is 4.90 Å². The minimum atomic E-state index is -0.578. The molecule has 0 aliphatic heterocycles. The Labute approximate surface area is 331 Å². The minimum Gasteiger partial charge on any atom is -0.456 e. The molecule has 2 nitrogen and oxygen atoms in total. The van der Waals surface area contributed by atoms with Crippen LogP contribution in [-0.4, -0.2) is 0 Å². The van der Waals surface area contributed by atoms with Crippen LogP contribution in [0.3, 0.4) is 0 Å². The number of anilines is 3. The summed E-state index contributed by atoms with van der Waals surface area (Å²) in [5, 5.41) is 2.19. The van der Waals surface area contributed by atoms with Crippen LogP contribution in [-0.2, 0) is 5.41 Å². The molecule has 9 aromatic carbocycles. The zero-order valence-electron chi connectivity index (χ0n) is 31.1. The topological polar surface area (TPSA) is 16.4 Å². The van der Waals surface area contributed by atoms with Crippen molar-refractivity contribution in [2.24, 2.45) is 0 Å². The third-order valence-electron chi connectivity index (χ3n) is 12.3. The molecule has 57 heavy (non-hydrogen) atoms. The summed E-state index contributed by atoms with van der Waals surface area (Å²) in [7, 11) is 0. The highest BCUT2D eigenvalue weighted by Crippen LogP contribution is 2.62. The Hall–Kier alpha value is -7.42. The Balaban J connectivity index is 1.19. The monoisotopic (exact) mass is 725 g/mol. The quantitative estimate of drug-likeness (QED) is 0.180. The SMILES string of the molecule is c1ccc(-c2ccc(N(c3ccc4c(c3)C3(c5ccccc5-c5ccccc5-4)c4ccccc4-c4ccccc43)c3cccc4oc5ccccc5c34)cc2)cc1. The Morgan fingerprint density at radius 3 is 1.49 bits per heavy atom. The minimum absolute atomic E-state index is 0.578. The summed E-state index contributed by atoms with van der Waals surface area (Å²) in [4.78, 5) is 2.43. The third kappa shape index (κ3) is 4.53. The number of benzene rings is 9. The van der Waals surface area contributed by atoms with E-state index in [2.05, 4.69) is 211 Å². The molecule has 2 aliphatic rings. The molecule has 0 saturated heterocycles. The second-order valence-electron chi connectivity index (χ2n) is 15.2. The Bertz CT molecular complexity index is 3140. The van der Waals surface area contributed by atoms with Gasteiger partial charge in [-0.2, -0.15) is 0 Å². The number of para-hydroxylation sites is 1. The molecular formula is C55H35NO. The molecule has 10 aromatic rings. The lowest BCUT2D eigenvalue weighted by Gasteiger charge is -2.36. The molecule has 0 bridgehead atoms. The standard InChI is InChI=1S/C55H35NO/c1-2-15-36(16-3-1)37-29-31-38(32-30-37)56(51-26-14-28-53-54(51)46-22-9-13-27-52(46)57-53)39-33-34-45-41-18-5-4-17-40(41)42-19-6-10-23-47(42)55(50(45)35-39)48-24-11-7-20-43(48)44-21-8-12-25-49(44)55/h1-35H. The lowest BCUT2D eigenvalue weighted by atomic mass is 9.66. The average molecular weight is 726 g/mol. The van der Waals surface area contributed by atoms with Gasteiger partial charge in [-0.25, -0.2) is 0 Å². The molecule has 0 unspecified atom stereocenters. The Morgan fingerprint density at radius 1 is 0.333 bits per heavy atom. The average Bonchev–Trinajstić information content (AvgIpc) is 3.78. The second-order valence-corrected chi connectivity index (χ2v) is 15.2. The lowest BCUT2D eigenvalue weighted by molar-refractivity contribution is 0.669. The van der Waals surface area contributed by atoms with Crippen LogP contribution in [0.5, 0.6) is 0 Å². The Morgan fingerprint density at radius 2 is 0.825 bits per heavy atom. The van der Waals surface area contributed by atoms with E-state index in [1.165, 1.54) is 66.8 Å². The number of hydrogen-bond donors (Lipinski definition) is 0. The van der Waals surface area contributed by atoms with Gasteiger partial charge in [0.05, 0.1) is 16.5 Å². The molecule has 2 aliphatic carbocycles. The van der Waals surface area contributed by atoms with Gasteiger partial charge in [-0.3, -0.25) is 0 Å². The maximum Gasteiger partial charge on any atom is 0.137 e. The second kappa shape index (κ2) is 12.3. The van der Waals surface area contributed by atoms with Crippen LogP contribution >= 0.6 is 0 Å². The largest absolute Gasteiger partial charge is 0.456 e. The van der Waals surface area contributed by atoms with Gasteiger partial charge in [0.15, 0.2) is 0 Å². The fourth-order valence-corrected chi connectivity index (χ4v) is 9.98. The Kier molecular flexibility index (Phi) is 6.88. The molecule has 1 heterocycles. The van der Waals surface area contributed by atoms with E-state index in [1.54, 1.807) is 0 Å². The first-order valence-electron chi connectivity index (χ1n) is 19.7. The highest BCUT2D eigenvalue weighted by Gasteiger charge is 2.49. The van der Waals surface area contributed by atoms with Crippen LogP contribution < -0.4 is 4.90 Å². The van der Waals surface area contributed by atoms with Crippen molar-refractivity contribution in [3.05, 3.63) is 235 Å². The van der Waals surface area contributed by atoms with E-state index in [9.17, 15) is 0 Å². The summed E-state index contributed by atoms with van der Waals surface area (Å²) in [5.41, 5.74) is 19.5. The molecule has 1 spiro atoms. The molecular weight excluding hydrogens is 691 g/mol. The molecule has 1 aromatic heterocycles. The van der Waals surface area contributed by atoms with Gasteiger partial charge in [0.25, 0.3) is 0 Å². The smallest absolute Gasteiger partial charge is 0.137 e. The van der Waals surface area contributed by atoms with E-state index >= 15 is 0 Å². The van der Waals surface area contributed by atoms with Crippen LogP contribution in [0.25, 0.3) is 66.4 Å². The van der Waals surface area contributed by atoms with Crippen LogP contribution in [0.2, 0.25) is 0 Å². The maximum absolute atomic E-state index is 6.50. The van der Waals surface area contributed by atoms with Crippen molar-refractivity contribution in [1.29, 1.82) is 0 Å². The van der Waals surface area contributed by atoms with Crippen LogP contribution in [0.4, 0.5) is 17.1 Å². The summed E-state index contributed by atoms with van der Waals surface area (Å²) < 4.78 is 6.50. The number of nitrogens with zero attached hydrogens (tertiary/aromatic N) is 1. The number of rotatable bonds is 4. The van der Waals surface area contributed by atoms with Crippen molar-refractivity contribution in [2.45, 2.75) is 5.41 Å². The summed E-state index contributed by atoms with van der Waals surface area (Å²) >= 11 is 0. The van der Waals surface area contributed by atoms with Gasteiger partial charge >= 0.3 is 0 Å². The highest BCUT2D eigenvalue weighted by molar-refractivity contribution is 6.13. The first-order chi connectivity index (χ1) is 28.3. The van der Waals surface area contributed by atoms with Crippen molar-refractivity contribution < 1.29 is 4.42 Å². The molecule has 0 amide bonds. The van der Waals surface area contributed by atoms with Crippen molar-refractivity contribution >= 4 is 39.0 Å².